The van der Waals surface area contributed by atoms with Crippen LogP contribution in [0.2, 0.25) is 0 Å². The fraction of sp³-hybridized carbons (Fsp3) is 0.290. The topological polar surface area (TPSA) is 126 Å². The molecule has 2 fully saturated rings. The first-order chi connectivity index (χ1) is 21.3. The SMILES string of the molecule is C=CC(=O)N1CCN(c2nc(=O)n(-c3c(C)cccc3S(=O)(=O)C3CC3)c3nc(-c4c(O)cccc4F)c(F)cc23)[C@@](C)([Si])C1. The summed E-state index contributed by atoms with van der Waals surface area (Å²) in [6, 6.07) is 9.11. The van der Waals surface area contributed by atoms with Gasteiger partial charge in [0.25, 0.3) is 0 Å². The van der Waals surface area contributed by atoms with Crippen molar-refractivity contribution in [2.45, 2.75) is 42.0 Å². The molecule has 2 aromatic heterocycles. The van der Waals surface area contributed by atoms with Crippen molar-refractivity contribution in [2.75, 3.05) is 24.5 Å². The van der Waals surface area contributed by atoms with Gasteiger partial charge in [0.15, 0.2) is 21.3 Å². The molecule has 6 rings (SSSR count). The molecule has 2 aromatic carbocycles. The molecular weight excluding hydrogens is 621 g/mol. The lowest BCUT2D eigenvalue weighted by Crippen LogP contribution is -2.63. The summed E-state index contributed by atoms with van der Waals surface area (Å²) in [5.41, 5.74) is -1.79. The zero-order chi connectivity index (χ0) is 32.4. The van der Waals surface area contributed by atoms with Gasteiger partial charge in [0.05, 0.1) is 37.0 Å². The van der Waals surface area contributed by atoms with Gasteiger partial charge in [-0.2, -0.15) is 4.98 Å². The van der Waals surface area contributed by atoms with E-state index in [1.54, 1.807) is 35.8 Å². The number of piperazine rings is 1. The fourth-order valence-corrected chi connectivity index (χ4v) is 8.12. The quantitative estimate of drug-likeness (QED) is 0.249. The Labute approximate surface area is 261 Å². The fourth-order valence-electron chi connectivity index (χ4n) is 5.80. The number of phenols is 1. The second kappa shape index (κ2) is 10.9. The third-order valence-electron chi connectivity index (χ3n) is 8.15. The Hall–Kier alpha value is -4.43. The number of sulfone groups is 1. The summed E-state index contributed by atoms with van der Waals surface area (Å²) in [5.74, 6) is -2.81. The number of amides is 1. The van der Waals surface area contributed by atoms with Crippen LogP contribution in [0.4, 0.5) is 14.6 Å². The number of anilines is 1. The van der Waals surface area contributed by atoms with E-state index >= 15 is 8.78 Å². The van der Waals surface area contributed by atoms with Gasteiger partial charge in [0, 0.05) is 24.8 Å². The number of aromatic hydroxyl groups is 1. The zero-order valence-electron chi connectivity index (χ0n) is 24.4. The Morgan fingerprint density at radius 3 is 2.49 bits per heavy atom. The molecule has 2 aliphatic rings. The van der Waals surface area contributed by atoms with Gasteiger partial charge in [-0.3, -0.25) is 4.79 Å². The van der Waals surface area contributed by atoms with Gasteiger partial charge in [-0.25, -0.2) is 31.5 Å². The average molecular weight is 649 g/mol. The highest BCUT2D eigenvalue weighted by molar-refractivity contribution is 7.92. The molecule has 1 saturated carbocycles. The molecule has 3 heterocycles. The number of halogens is 2. The van der Waals surface area contributed by atoms with Crippen molar-refractivity contribution in [3.63, 3.8) is 0 Å². The van der Waals surface area contributed by atoms with Gasteiger partial charge in [-0.05, 0) is 62.6 Å². The number of nitrogens with zero attached hydrogens (tertiary/aromatic N) is 5. The van der Waals surface area contributed by atoms with Crippen LogP contribution in [0.25, 0.3) is 28.0 Å². The Bertz CT molecular complexity index is 2060. The number of carbonyl (C=O) groups excluding carboxylic acids is 1. The van der Waals surface area contributed by atoms with E-state index in [0.717, 1.165) is 16.7 Å². The molecule has 0 spiro atoms. The molecule has 1 aliphatic carbocycles. The first-order valence-electron chi connectivity index (χ1n) is 14.2. The van der Waals surface area contributed by atoms with E-state index in [2.05, 4.69) is 26.8 Å². The Morgan fingerprint density at radius 2 is 1.84 bits per heavy atom. The van der Waals surface area contributed by atoms with Crippen molar-refractivity contribution in [1.82, 2.24) is 19.4 Å². The minimum absolute atomic E-state index is 0.00352. The number of rotatable bonds is 6. The minimum Gasteiger partial charge on any atom is -0.507 e. The van der Waals surface area contributed by atoms with Gasteiger partial charge >= 0.3 is 5.69 Å². The van der Waals surface area contributed by atoms with Gasteiger partial charge in [-0.1, -0.05) is 24.8 Å². The summed E-state index contributed by atoms with van der Waals surface area (Å²) in [6.07, 6.45) is 2.15. The average Bonchev–Trinajstić information content (AvgIpc) is 3.83. The maximum absolute atomic E-state index is 16.0. The molecule has 45 heavy (non-hydrogen) atoms. The summed E-state index contributed by atoms with van der Waals surface area (Å²) in [6.45, 7) is 7.48. The van der Waals surface area contributed by atoms with E-state index in [9.17, 15) is 23.1 Å². The van der Waals surface area contributed by atoms with Crippen LogP contribution in [0.1, 0.15) is 25.3 Å². The standard InChI is InChI=1S/C31H28F2N5O5SSi/c1-4-24(40)36-13-14-37(31(3,45)16-36)28-19-15-21(33)26(25-20(32)8-6-9-22(25)39)34-29(19)38(30(41)35-28)27-17(2)7-5-10-23(27)44(42,43)18-11-12-18/h4-10,15,18,39H,1,11-14,16H2,2-3H3/t31-/m0/s1. The lowest BCUT2D eigenvalue weighted by Gasteiger charge is -2.47. The van der Waals surface area contributed by atoms with Crippen LogP contribution in [0.5, 0.6) is 5.75 Å². The molecule has 4 aromatic rings. The molecule has 14 heteroatoms. The molecule has 1 saturated heterocycles. The summed E-state index contributed by atoms with van der Waals surface area (Å²) in [7, 11) is -0.148. The molecule has 1 atom stereocenters. The van der Waals surface area contributed by atoms with Gasteiger partial charge in [0.2, 0.25) is 5.91 Å². The number of hydrogen-bond acceptors (Lipinski definition) is 8. The normalized spacial score (nSPS) is 18.8. The Kier molecular flexibility index (Phi) is 7.39. The number of benzene rings is 2. The highest BCUT2D eigenvalue weighted by Gasteiger charge is 2.40. The Morgan fingerprint density at radius 1 is 1.13 bits per heavy atom. The summed E-state index contributed by atoms with van der Waals surface area (Å²) < 4.78 is 59.2. The highest BCUT2D eigenvalue weighted by atomic mass is 32.2. The van der Waals surface area contributed by atoms with Gasteiger partial charge in [0.1, 0.15) is 23.1 Å². The summed E-state index contributed by atoms with van der Waals surface area (Å²) >= 11 is 0. The number of pyridine rings is 1. The van der Waals surface area contributed by atoms with Crippen molar-refractivity contribution in [1.29, 1.82) is 0 Å². The van der Waals surface area contributed by atoms with Crippen LogP contribution < -0.4 is 10.6 Å². The van der Waals surface area contributed by atoms with Crippen LogP contribution in [-0.4, -0.2) is 79.2 Å². The maximum atomic E-state index is 16.0. The third-order valence-corrected chi connectivity index (χ3v) is 10.9. The number of hydrogen-bond donors (Lipinski definition) is 1. The van der Waals surface area contributed by atoms with Crippen molar-refractivity contribution < 1.29 is 27.1 Å². The third kappa shape index (κ3) is 5.11. The van der Waals surface area contributed by atoms with Crippen molar-refractivity contribution in [3.8, 4) is 22.7 Å². The second-order valence-electron chi connectivity index (χ2n) is 11.4. The highest BCUT2D eigenvalue weighted by Crippen LogP contribution is 2.40. The number of fused-ring (bicyclic) bond motifs is 1. The van der Waals surface area contributed by atoms with E-state index in [1.807, 2.05) is 0 Å². The molecule has 3 radical (unpaired) electrons. The number of aromatic nitrogens is 3. The minimum atomic E-state index is -3.86. The lowest BCUT2D eigenvalue weighted by atomic mass is 10.1. The smallest absolute Gasteiger partial charge is 0.355 e. The van der Waals surface area contributed by atoms with E-state index in [1.165, 1.54) is 24.3 Å². The molecule has 1 N–H and O–H groups in total. The molecule has 10 nitrogen and oxygen atoms in total. The molecular formula is C31H28F2N5O5SSi. The molecule has 0 unspecified atom stereocenters. The first-order valence-corrected chi connectivity index (χ1v) is 16.2. The van der Waals surface area contributed by atoms with Gasteiger partial charge in [-0.15, -0.1) is 0 Å². The van der Waals surface area contributed by atoms with Crippen molar-refractivity contribution >= 4 is 42.8 Å². The van der Waals surface area contributed by atoms with Crippen LogP contribution in [-0.2, 0) is 14.6 Å². The molecule has 231 valence electrons. The number of carbonyl (C=O) groups is 1. The largest absolute Gasteiger partial charge is 0.507 e. The molecule has 1 aliphatic heterocycles. The summed E-state index contributed by atoms with van der Waals surface area (Å²) in [5, 5.41) is 8.93. The Balaban J connectivity index is 1.68. The van der Waals surface area contributed by atoms with Gasteiger partial charge < -0.3 is 14.9 Å². The van der Waals surface area contributed by atoms with Crippen molar-refractivity contribution in [3.05, 3.63) is 82.8 Å². The monoisotopic (exact) mass is 648 g/mol. The number of phenolic OH excluding ortho intramolecular Hbond substituents is 1. The second-order valence-corrected chi connectivity index (χ2v) is 14.7. The predicted octanol–water partition coefficient (Wildman–Crippen LogP) is 3.40. The van der Waals surface area contributed by atoms with E-state index < -0.39 is 54.6 Å². The van der Waals surface area contributed by atoms with Crippen LogP contribution >= 0.6 is 0 Å². The number of para-hydroxylation sites is 1. The number of aryl methyl sites for hydroxylation is 1. The maximum Gasteiger partial charge on any atom is 0.355 e. The summed E-state index contributed by atoms with van der Waals surface area (Å²) in [4.78, 5) is 38.4. The lowest BCUT2D eigenvalue weighted by molar-refractivity contribution is -0.127. The van der Waals surface area contributed by atoms with Crippen LogP contribution in [0, 0.1) is 18.6 Å². The van der Waals surface area contributed by atoms with Crippen molar-refractivity contribution in [2.24, 2.45) is 0 Å². The van der Waals surface area contributed by atoms with E-state index in [4.69, 9.17) is 0 Å². The van der Waals surface area contributed by atoms with Crippen LogP contribution in [0.3, 0.4) is 0 Å². The molecule has 0 bridgehead atoms. The van der Waals surface area contributed by atoms with Crippen LogP contribution in [0.15, 0.2) is 64.8 Å². The molecule has 1 amide bonds. The van der Waals surface area contributed by atoms with E-state index in [-0.39, 0.29) is 53.0 Å². The first kappa shape index (κ1) is 30.6. The zero-order valence-corrected chi connectivity index (χ0v) is 26.2. The predicted molar refractivity (Wildman–Crippen MR) is 165 cm³/mol. The van der Waals surface area contributed by atoms with E-state index in [0.29, 0.717) is 18.4 Å².